The van der Waals surface area contributed by atoms with E-state index >= 15 is 4.39 Å². The molecule has 4 aromatic rings. The molecule has 34 heavy (non-hydrogen) atoms. The molecular formula is C26H22F4N2O2. The number of hydrogen-bond donors (Lipinski definition) is 0. The predicted molar refractivity (Wildman–Crippen MR) is 121 cm³/mol. The van der Waals surface area contributed by atoms with Gasteiger partial charge >= 0.3 is 6.18 Å². The molecular weight excluding hydrogens is 448 g/mol. The van der Waals surface area contributed by atoms with Crippen LogP contribution < -0.4 is 4.74 Å². The van der Waals surface area contributed by atoms with E-state index in [1.54, 1.807) is 49.8 Å². The molecule has 0 aliphatic carbocycles. The first kappa shape index (κ1) is 23.6. The summed E-state index contributed by atoms with van der Waals surface area (Å²) in [5.41, 5.74) is 3.10. The van der Waals surface area contributed by atoms with Crippen molar-refractivity contribution in [1.29, 1.82) is 0 Å². The lowest BCUT2D eigenvalue weighted by Crippen LogP contribution is -2.19. The van der Waals surface area contributed by atoms with Crippen molar-refractivity contribution in [3.05, 3.63) is 89.5 Å². The number of halogens is 4. The minimum Gasteiger partial charge on any atom is -0.484 e. The highest BCUT2D eigenvalue weighted by molar-refractivity contribution is 5.87. The van der Waals surface area contributed by atoms with Crippen molar-refractivity contribution in [3.63, 3.8) is 0 Å². The smallest absolute Gasteiger partial charge is 0.422 e. The minimum atomic E-state index is -4.38. The Balaban J connectivity index is 1.44. The number of methoxy groups -OCH3 is 1. The maximum absolute atomic E-state index is 15.1. The van der Waals surface area contributed by atoms with Gasteiger partial charge in [-0.2, -0.15) is 13.2 Å². The fourth-order valence-corrected chi connectivity index (χ4v) is 3.61. The highest BCUT2D eigenvalue weighted by atomic mass is 19.4. The molecule has 0 aliphatic heterocycles. The molecule has 0 radical (unpaired) electrons. The van der Waals surface area contributed by atoms with E-state index in [2.05, 4.69) is 9.97 Å². The third-order valence-electron chi connectivity index (χ3n) is 5.32. The second-order valence-electron chi connectivity index (χ2n) is 7.87. The molecule has 0 aliphatic rings. The van der Waals surface area contributed by atoms with Gasteiger partial charge < -0.3 is 9.47 Å². The molecule has 0 saturated carbocycles. The van der Waals surface area contributed by atoms with E-state index in [0.29, 0.717) is 36.2 Å². The Morgan fingerprint density at radius 3 is 2.26 bits per heavy atom. The first-order valence-electron chi connectivity index (χ1n) is 10.6. The van der Waals surface area contributed by atoms with Crippen LogP contribution in [0, 0.1) is 5.82 Å². The van der Waals surface area contributed by atoms with Crippen LogP contribution in [0.15, 0.2) is 67.0 Å². The summed E-state index contributed by atoms with van der Waals surface area (Å²) in [6.07, 6.45) is 0.0240. The van der Waals surface area contributed by atoms with Gasteiger partial charge in [-0.1, -0.05) is 36.4 Å². The first-order valence-corrected chi connectivity index (χ1v) is 10.6. The van der Waals surface area contributed by atoms with E-state index in [-0.39, 0.29) is 11.6 Å². The van der Waals surface area contributed by atoms with Gasteiger partial charge in [0.25, 0.3) is 0 Å². The standard InChI is InChI=1S/C26H22F4N2O2/c1-33-15-18-13-31-25(32-14-18)21-8-11-23-20(12-21)7-6-19(24(23)27)5-2-17-3-9-22(10-4-17)34-16-26(28,29)30/h3-4,6-14H,2,5,15-16H2,1H3. The van der Waals surface area contributed by atoms with Crippen LogP contribution in [0.2, 0.25) is 0 Å². The molecule has 1 aromatic heterocycles. The molecule has 0 atom stereocenters. The number of nitrogens with zero attached hydrogens (tertiary/aromatic N) is 2. The maximum Gasteiger partial charge on any atom is 0.422 e. The lowest BCUT2D eigenvalue weighted by Gasteiger charge is -2.10. The van der Waals surface area contributed by atoms with E-state index < -0.39 is 12.8 Å². The van der Waals surface area contributed by atoms with Gasteiger partial charge in [0.1, 0.15) is 11.6 Å². The van der Waals surface area contributed by atoms with Crippen LogP contribution in [0.1, 0.15) is 16.7 Å². The van der Waals surface area contributed by atoms with Crippen LogP contribution in [0.3, 0.4) is 0 Å². The van der Waals surface area contributed by atoms with Crippen LogP contribution in [0.25, 0.3) is 22.2 Å². The Morgan fingerprint density at radius 1 is 0.853 bits per heavy atom. The molecule has 0 spiro atoms. The zero-order valence-corrected chi connectivity index (χ0v) is 18.4. The zero-order chi connectivity index (χ0) is 24.1. The third-order valence-corrected chi connectivity index (χ3v) is 5.32. The molecule has 4 rings (SSSR count). The SMILES string of the molecule is COCc1cnc(-c2ccc3c(F)c(CCc4ccc(OCC(F)(F)F)cc4)ccc3c2)nc1. The van der Waals surface area contributed by atoms with Crippen molar-refractivity contribution in [1.82, 2.24) is 9.97 Å². The molecule has 0 N–H and O–H groups in total. The summed E-state index contributed by atoms with van der Waals surface area (Å²) in [6.45, 7) is -0.899. The lowest BCUT2D eigenvalue weighted by atomic mass is 9.99. The summed E-state index contributed by atoms with van der Waals surface area (Å²) in [5, 5.41) is 1.25. The van der Waals surface area contributed by atoms with Crippen molar-refractivity contribution in [2.75, 3.05) is 13.7 Å². The van der Waals surface area contributed by atoms with Crippen molar-refractivity contribution in [2.24, 2.45) is 0 Å². The van der Waals surface area contributed by atoms with Crippen molar-refractivity contribution >= 4 is 10.8 Å². The fraction of sp³-hybridized carbons (Fsp3) is 0.231. The molecule has 0 bridgehead atoms. The maximum atomic E-state index is 15.1. The number of aromatic nitrogens is 2. The molecule has 3 aromatic carbocycles. The van der Waals surface area contributed by atoms with Crippen LogP contribution in [0.5, 0.6) is 5.75 Å². The van der Waals surface area contributed by atoms with E-state index in [0.717, 1.165) is 22.1 Å². The summed E-state index contributed by atoms with van der Waals surface area (Å²) in [7, 11) is 1.60. The Labute approximate surface area is 194 Å². The second-order valence-corrected chi connectivity index (χ2v) is 7.87. The summed E-state index contributed by atoms with van der Waals surface area (Å²) in [6, 6.07) is 15.3. The van der Waals surface area contributed by atoms with E-state index in [1.807, 2.05) is 12.1 Å². The number of benzene rings is 3. The number of rotatable bonds is 8. The number of alkyl halides is 3. The van der Waals surface area contributed by atoms with Gasteiger partial charge in [-0.05, 0) is 47.6 Å². The topological polar surface area (TPSA) is 44.2 Å². The molecule has 0 amide bonds. The summed E-state index contributed by atoms with van der Waals surface area (Å²) >= 11 is 0. The average Bonchev–Trinajstić information content (AvgIpc) is 2.83. The van der Waals surface area contributed by atoms with Crippen molar-refractivity contribution in [3.8, 4) is 17.1 Å². The number of fused-ring (bicyclic) bond motifs is 1. The molecule has 0 saturated heterocycles. The molecule has 8 heteroatoms. The molecule has 1 heterocycles. The highest BCUT2D eigenvalue weighted by Gasteiger charge is 2.28. The second kappa shape index (κ2) is 10.2. The Hall–Kier alpha value is -3.52. The normalized spacial score (nSPS) is 11.7. The number of aryl methyl sites for hydroxylation is 2. The zero-order valence-electron chi connectivity index (χ0n) is 18.4. The largest absolute Gasteiger partial charge is 0.484 e. The monoisotopic (exact) mass is 470 g/mol. The van der Waals surface area contributed by atoms with Gasteiger partial charge in [0.05, 0.1) is 6.61 Å². The first-order chi connectivity index (χ1) is 16.3. The van der Waals surface area contributed by atoms with E-state index in [1.165, 1.54) is 12.1 Å². The van der Waals surface area contributed by atoms with Gasteiger partial charge in [-0.3, -0.25) is 0 Å². The highest BCUT2D eigenvalue weighted by Crippen LogP contribution is 2.27. The minimum absolute atomic E-state index is 0.145. The summed E-state index contributed by atoms with van der Waals surface area (Å²) < 4.78 is 61.7. The van der Waals surface area contributed by atoms with Crippen LogP contribution in [-0.2, 0) is 24.2 Å². The number of hydrogen-bond acceptors (Lipinski definition) is 4. The molecule has 0 fully saturated rings. The van der Waals surface area contributed by atoms with Gasteiger partial charge in [-0.25, -0.2) is 14.4 Å². The van der Waals surface area contributed by atoms with Crippen molar-refractivity contribution in [2.45, 2.75) is 25.6 Å². The Kier molecular flexibility index (Phi) is 7.07. The Morgan fingerprint density at radius 2 is 1.59 bits per heavy atom. The van der Waals surface area contributed by atoms with E-state index in [9.17, 15) is 13.2 Å². The van der Waals surface area contributed by atoms with Crippen LogP contribution in [0.4, 0.5) is 17.6 Å². The Bertz CT molecular complexity index is 1260. The average molecular weight is 470 g/mol. The van der Waals surface area contributed by atoms with Gasteiger partial charge in [0.15, 0.2) is 12.4 Å². The summed E-state index contributed by atoms with van der Waals surface area (Å²) in [4.78, 5) is 8.72. The lowest BCUT2D eigenvalue weighted by molar-refractivity contribution is -0.153. The third kappa shape index (κ3) is 5.88. The van der Waals surface area contributed by atoms with Crippen molar-refractivity contribution < 1.29 is 27.0 Å². The number of ether oxygens (including phenoxy) is 2. The van der Waals surface area contributed by atoms with Gasteiger partial charge in [0, 0.05) is 36.0 Å². The van der Waals surface area contributed by atoms with Gasteiger partial charge in [0.2, 0.25) is 0 Å². The molecule has 176 valence electrons. The summed E-state index contributed by atoms with van der Waals surface area (Å²) in [5.74, 6) is 0.408. The predicted octanol–water partition coefficient (Wildman–Crippen LogP) is 6.31. The fourth-order valence-electron chi connectivity index (χ4n) is 3.61. The molecule has 4 nitrogen and oxygen atoms in total. The van der Waals surface area contributed by atoms with Crippen LogP contribution >= 0.6 is 0 Å². The van der Waals surface area contributed by atoms with Gasteiger partial charge in [-0.15, -0.1) is 0 Å². The van der Waals surface area contributed by atoms with Crippen LogP contribution in [-0.4, -0.2) is 29.9 Å². The van der Waals surface area contributed by atoms with E-state index in [4.69, 9.17) is 9.47 Å². The molecule has 0 unspecified atom stereocenters. The quantitative estimate of drug-likeness (QED) is 0.283.